The van der Waals surface area contributed by atoms with E-state index < -0.39 is 0 Å². The minimum absolute atomic E-state index is 0. The summed E-state index contributed by atoms with van der Waals surface area (Å²) in [4.78, 5) is 16.5. The van der Waals surface area contributed by atoms with Gasteiger partial charge in [0.15, 0.2) is 0 Å². The Morgan fingerprint density at radius 2 is 1.70 bits per heavy atom. The van der Waals surface area contributed by atoms with Crippen molar-refractivity contribution in [3.8, 4) is 0 Å². The third-order valence-electron chi connectivity index (χ3n) is 4.48. The Morgan fingerprint density at radius 1 is 1.17 bits per heavy atom. The van der Waals surface area contributed by atoms with Crippen LogP contribution in [0.4, 0.5) is 0 Å². The van der Waals surface area contributed by atoms with E-state index in [-0.39, 0.29) is 36.8 Å². The number of carbonyl (C=O) groups excluding carboxylic acids is 1. The second kappa shape index (κ2) is 10.7. The van der Waals surface area contributed by atoms with Crippen LogP contribution in [0.1, 0.15) is 40.0 Å². The van der Waals surface area contributed by atoms with Crippen molar-refractivity contribution in [1.82, 2.24) is 9.80 Å². The predicted octanol–water partition coefficient (Wildman–Crippen LogP) is 1.92. The molecular weight excluding hydrogens is 337 g/mol. The van der Waals surface area contributed by atoms with E-state index in [1.165, 1.54) is 0 Å². The lowest BCUT2D eigenvalue weighted by Crippen LogP contribution is -2.49. The van der Waals surface area contributed by atoms with E-state index in [1.54, 1.807) is 0 Å². The van der Waals surface area contributed by atoms with Crippen LogP contribution in [-0.2, 0) is 9.53 Å². The predicted molar refractivity (Wildman–Crippen MR) is 98.5 cm³/mol. The van der Waals surface area contributed by atoms with Gasteiger partial charge in [0.05, 0.1) is 12.2 Å². The average molecular weight is 370 g/mol. The van der Waals surface area contributed by atoms with E-state index in [9.17, 15) is 4.79 Å². The van der Waals surface area contributed by atoms with Gasteiger partial charge in [-0.25, -0.2) is 0 Å². The largest absolute Gasteiger partial charge is 0.373 e. The van der Waals surface area contributed by atoms with Gasteiger partial charge in [0.1, 0.15) is 0 Å². The summed E-state index contributed by atoms with van der Waals surface area (Å²) in [7, 11) is 0. The number of piperidine rings is 1. The third-order valence-corrected chi connectivity index (χ3v) is 4.48. The van der Waals surface area contributed by atoms with Crippen molar-refractivity contribution in [1.29, 1.82) is 0 Å². The molecule has 0 aromatic heterocycles. The highest BCUT2D eigenvalue weighted by atomic mass is 35.5. The number of hydrogen-bond acceptors (Lipinski definition) is 4. The molecule has 0 bridgehead atoms. The molecule has 2 heterocycles. The Bertz CT molecular complexity index is 340. The maximum atomic E-state index is 12.0. The highest BCUT2D eigenvalue weighted by Gasteiger charge is 2.27. The Morgan fingerprint density at radius 3 is 2.17 bits per heavy atom. The first kappa shape index (κ1) is 22.9. The van der Waals surface area contributed by atoms with Crippen LogP contribution in [0.3, 0.4) is 0 Å². The Hall–Kier alpha value is -0.0700. The monoisotopic (exact) mass is 369 g/mol. The zero-order valence-corrected chi connectivity index (χ0v) is 16.2. The lowest BCUT2D eigenvalue weighted by atomic mass is 9.95. The molecule has 0 spiro atoms. The van der Waals surface area contributed by atoms with Crippen molar-refractivity contribution in [3.63, 3.8) is 0 Å². The number of hydrogen-bond donors (Lipinski definition) is 1. The first-order valence-electron chi connectivity index (χ1n) is 8.35. The standard InChI is InChI=1S/C16H31N3O2.2ClH/c1-12(17)8-16(20)19-6-4-15(5-7-19)11-18-9-13(2)21-14(3)10-18;;/h12-15H,4-11,17H2,1-3H3;2*1H. The van der Waals surface area contributed by atoms with Gasteiger partial charge in [0.25, 0.3) is 0 Å². The van der Waals surface area contributed by atoms with Crippen LogP contribution in [0.2, 0.25) is 0 Å². The number of nitrogens with zero attached hydrogens (tertiary/aromatic N) is 2. The number of rotatable bonds is 4. The van der Waals surface area contributed by atoms with Gasteiger partial charge < -0.3 is 15.4 Å². The number of carbonyl (C=O) groups is 1. The van der Waals surface area contributed by atoms with E-state index in [0.29, 0.717) is 24.5 Å². The van der Waals surface area contributed by atoms with E-state index in [2.05, 4.69) is 18.7 Å². The number of amides is 1. The molecular formula is C16H33Cl2N3O2. The van der Waals surface area contributed by atoms with Crippen molar-refractivity contribution in [2.75, 3.05) is 32.7 Å². The number of likely N-dealkylation sites (tertiary alicyclic amines) is 1. The maximum absolute atomic E-state index is 12.0. The van der Waals surface area contributed by atoms with Crippen LogP contribution < -0.4 is 5.73 Å². The number of halogens is 2. The van der Waals surface area contributed by atoms with E-state index in [1.807, 2.05) is 11.8 Å². The lowest BCUT2D eigenvalue weighted by Gasteiger charge is -2.39. The normalized spacial score (nSPS) is 27.7. The molecule has 5 nitrogen and oxygen atoms in total. The first-order chi connectivity index (χ1) is 9.94. The van der Waals surface area contributed by atoms with Gasteiger partial charge in [0.2, 0.25) is 5.91 Å². The van der Waals surface area contributed by atoms with Crippen LogP contribution in [-0.4, -0.2) is 66.7 Å². The molecule has 23 heavy (non-hydrogen) atoms. The zero-order chi connectivity index (χ0) is 15.4. The molecule has 0 saturated carbocycles. The second-order valence-corrected chi connectivity index (χ2v) is 6.98. The molecule has 3 unspecified atom stereocenters. The number of nitrogens with two attached hydrogens (primary N) is 1. The topological polar surface area (TPSA) is 58.8 Å². The summed E-state index contributed by atoms with van der Waals surface area (Å²) in [5, 5.41) is 0. The fourth-order valence-electron chi connectivity index (χ4n) is 3.57. The summed E-state index contributed by atoms with van der Waals surface area (Å²) in [6, 6.07) is -0.0356. The van der Waals surface area contributed by atoms with E-state index in [4.69, 9.17) is 10.5 Å². The summed E-state index contributed by atoms with van der Waals surface area (Å²) in [5.41, 5.74) is 5.71. The first-order valence-corrected chi connectivity index (χ1v) is 8.35. The fourth-order valence-corrected chi connectivity index (χ4v) is 3.57. The van der Waals surface area contributed by atoms with Crippen LogP contribution in [0.25, 0.3) is 0 Å². The zero-order valence-electron chi connectivity index (χ0n) is 14.6. The Kier molecular flexibility index (Phi) is 10.7. The van der Waals surface area contributed by atoms with Gasteiger partial charge >= 0.3 is 0 Å². The molecule has 3 atom stereocenters. The summed E-state index contributed by atoms with van der Waals surface area (Å²) in [6.45, 7) is 11.2. The summed E-state index contributed by atoms with van der Waals surface area (Å²) in [6.07, 6.45) is 3.38. The molecule has 2 saturated heterocycles. The van der Waals surface area contributed by atoms with Crippen molar-refractivity contribution in [2.24, 2.45) is 11.7 Å². The summed E-state index contributed by atoms with van der Waals surface area (Å²) < 4.78 is 5.78. The van der Waals surface area contributed by atoms with Crippen molar-refractivity contribution < 1.29 is 9.53 Å². The second-order valence-electron chi connectivity index (χ2n) is 6.98. The molecule has 2 rings (SSSR count). The third kappa shape index (κ3) is 7.57. The molecule has 2 aliphatic rings. The van der Waals surface area contributed by atoms with Gasteiger partial charge in [-0.3, -0.25) is 9.69 Å². The van der Waals surface area contributed by atoms with Gasteiger partial charge in [-0.15, -0.1) is 24.8 Å². The fraction of sp³-hybridized carbons (Fsp3) is 0.938. The minimum atomic E-state index is -0.0356. The van der Waals surface area contributed by atoms with Crippen LogP contribution in [0, 0.1) is 5.92 Å². The van der Waals surface area contributed by atoms with E-state index >= 15 is 0 Å². The van der Waals surface area contributed by atoms with Gasteiger partial charge in [-0.05, 0) is 39.5 Å². The van der Waals surface area contributed by atoms with E-state index in [0.717, 1.165) is 45.6 Å². The molecule has 0 aliphatic carbocycles. The molecule has 0 aromatic rings. The van der Waals surface area contributed by atoms with Crippen molar-refractivity contribution >= 4 is 30.7 Å². The van der Waals surface area contributed by atoms with Crippen molar-refractivity contribution in [3.05, 3.63) is 0 Å². The van der Waals surface area contributed by atoms with Crippen molar-refractivity contribution in [2.45, 2.75) is 58.3 Å². The molecule has 0 radical (unpaired) electrons. The van der Waals surface area contributed by atoms with Crippen LogP contribution >= 0.6 is 24.8 Å². The Labute approximate surface area is 153 Å². The lowest BCUT2D eigenvalue weighted by molar-refractivity contribution is -0.133. The summed E-state index contributed by atoms with van der Waals surface area (Å²) >= 11 is 0. The highest BCUT2D eigenvalue weighted by molar-refractivity contribution is 5.85. The maximum Gasteiger partial charge on any atom is 0.224 e. The molecule has 2 aliphatic heterocycles. The number of morpholine rings is 1. The minimum Gasteiger partial charge on any atom is -0.373 e. The SMILES string of the molecule is CC(N)CC(=O)N1CCC(CN2CC(C)OC(C)C2)CC1.Cl.Cl. The molecule has 138 valence electrons. The molecule has 2 fully saturated rings. The molecule has 2 N–H and O–H groups in total. The average Bonchev–Trinajstić information content (AvgIpc) is 2.37. The molecule has 0 aromatic carbocycles. The van der Waals surface area contributed by atoms with Gasteiger partial charge in [-0.1, -0.05) is 0 Å². The van der Waals surface area contributed by atoms with Crippen LogP contribution in [0.15, 0.2) is 0 Å². The molecule has 1 amide bonds. The summed E-state index contributed by atoms with van der Waals surface area (Å²) in [5.74, 6) is 0.930. The molecule has 7 heteroatoms. The smallest absolute Gasteiger partial charge is 0.224 e. The van der Waals surface area contributed by atoms with Gasteiger partial charge in [-0.2, -0.15) is 0 Å². The van der Waals surface area contributed by atoms with Crippen LogP contribution in [0.5, 0.6) is 0 Å². The quantitative estimate of drug-likeness (QED) is 0.822. The highest BCUT2D eigenvalue weighted by Crippen LogP contribution is 2.21. The van der Waals surface area contributed by atoms with Gasteiger partial charge in [0, 0.05) is 45.2 Å². The number of ether oxygens (including phenoxy) is 1. The Balaban J connectivity index is 0.00000242.